The summed E-state index contributed by atoms with van der Waals surface area (Å²) < 4.78 is 0. The molecule has 0 aliphatic heterocycles. The summed E-state index contributed by atoms with van der Waals surface area (Å²) in [6.07, 6.45) is 12.0. The number of para-hydroxylation sites is 2. The molecule has 2 nitrogen and oxygen atoms in total. The predicted octanol–water partition coefficient (Wildman–Crippen LogP) is 13.2. The zero-order valence-electron chi connectivity index (χ0n) is 38.1. The van der Waals surface area contributed by atoms with E-state index in [-0.39, 0.29) is 14.9 Å². The van der Waals surface area contributed by atoms with Crippen molar-refractivity contribution in [3.05, 3.63) is 53.6 Å². The second-order valence-corrected chi connectivity index (χ2v) is 20.8. The van der Waals surface area contributed by atoms with Gasteiger partial charge in [0, 0.05) is 37.7 Å². The molecular weight excluding hydrogens is 901 g/mol. The quantitative estimate of drug-likeness (QED) is 0.0562. The van der Waals surface area contributed by atoms with Crippen LogP contribution < -0.4 is 0 Å². The standard InChI is InChI=1S/C27H39NP2.C9H4.C8H6.C5H4.C4H6.CHO.2CH4.ClH.Ru.H/c1-18(2)29(19(3)4)16-24-13-9-11-22-15-23-12-10-14-25(27(23)28-26(22)24)17-30(20(5)6)21(7)8;1-3-5-7-9-8-6-4-2;1-3-5-7-8-6-4-2;1-3-5-4-2;1-3-4-2;1-2;;;;;/h9-15,18-21H,16-17H2,1-8H3;1H,2H3;1-2H3;1H,2H3;1-2H3;1H;2*1H4;1H;;/q;;;;;-1;;;;+1;/p+1. The van der Waals surface area contributed by atoms with E-state index in [0.29, 0.717) is 0 Å². The van der Waals surface area contributed by atoms with Gasteiger partial charge in [-0.05, 0) is 174 Å². The minimum atomic E-state index is -0.460. The number of terminal acetylenes is 2. The first-order chi connectivity index (χ1) is 28.8. The van der Waals surface area contributed by atoms with E-state index in [1.807, 2.05) is 13.8 Å². The van der Waals surface area contributed by atoms with E-state index in [4.69, 9.17) is 22.6 Å². The fourth-order valence-corrected chi connectivity index (χ4v) is 11.1. The Morgan fingerprint density at radius 1 is 0.516 bits per heavy atom. The molecule has 2 aromatic carbocycles. The van der Waals surface area contributed by atoms with E-state index in [2.05, 4.69) is 221 Å². The monoisotopic (exact) mass is 972 g/mol. The molecule has 1 aromatic heterocycles. The van der Waals surface area contributed by atoms with Crippen LogP contribution in [0.3, 0.4) is 0 Å². The van der Waals surface area contributed by atoms with Gasteiger partial charge in [-0.1, -0.05) is 74.9 Å². The van der Waals surface area contributed by atoms with E-state index in [9.17, 15) is 0 Å². The Hall–Kier alpha value is -4.85. The summed E-state index contributed by atoms with van der Waals surface area (Å²) in [5.74, 6) is 44.9. The van der Waals surface area contributed by atoms with Gasteiger partial charge in [0.05, 0.1) is 46.0 Å². The van der Waals surface area contributed by atoms with Crippen molar-refractivity contribution < 1.29 is 22.1 Å². The van der Waals surface area contributed by atoms with E-state index in [1.165, 1.54) is 45.3 Å². The first kappa shape index (κ1) is 68.9. The topological polar surface area (TPSA) is 30.0 Å². The molecule has 62 heavy (non-hydrogen) atoms. The van der Waals surface area contributed by atoms with E-state index >= 15 is 0 Å². The third-order valence-corrected chi connectivity index (χ3v) is 15.4. The first-order valence-corrected chi connectivity index (χ1v) is 25.3. The number of fused-ring (bicyclic) bond motifs is 2. The summed E-state index contributed by atoms with van der Waals surface area (Å²) in [6.45, 7) is 33.0. The molecule has 0 saturated heterocycles. The molecule has 3 rings (SSSR count). The minimum absolute atomic E-state index is 0. The van der Waals surface area contributed by atoms with Gasteiger partial charge in [-0.15, -0.1) is 24.7 Å². The summed E-state index contributed by atoms with van der Waals surface area (Å²) >= 11 is 1.62. The summed E-state index contributed by atoms with van der Waals surface area (Å²) in [5.41, 5.74) is 8.52. The van der Waals surface area contributed by atoms with Gasteiger partial charge >= 0.3 is 27.0 Å². The van der Waals surface area contributed by atoms with Gasteiger partial charge in [-0.25, -0.2) is 4.98 Å². The van der Waals surface area contributed by atoms with Gasteiger partial charge in [0.25, 0.3) is 0 Å². The summed E-state index contributed by atoms with van der Waals surface area (Å²) in [5, 5.41) is 2.59. The fourth-order valence-electron chi connectivity index (χ4n) is 5.33. The fraction of sp³-hybridized carbons (Fsp3) is 0.393. The molecule has 0 bridgehead atoms. The van der Waals surface area contributed by atoms with Crippen molar-refractivity contribution in [1.29, 1.82) is 0 Å². The van der Waals surface area contributed by atoms with Crippen molar-refractivity contribution >= 4 is 54.1 Å². The third-order valence-electron chi connectivity index (χ3n) is 7.92. The van der Waals surface area contributed by atoms with Gasteiger partial charge in [0.15, 0.2) is 0 Å². The van der Waals surface area contributed by atoms with Crippen LogP contribution in [0.2, 0.25) is 0 Å². The van der Waals surface area contributed by atoms with Gasteiger partial charge in [-0.3, -0.25) is 6.79 Å². The van der Waals surface area contributed by atoms with Gasteiger partial charge in [0.1, 0.15) is 0 Å². The Morgan fingerprint density at radius 2 is 0.806 bits per heavy atom. The van der Waals surface area contributed by atoms with Crippen molar-refractivity contribution in [3.63, 3.8) is 0 Å². The molecule has 0 aliphatic rings. The number of rotatable bonds is 8. The number of halogens is 1. The van der Waals surface area contributed by atoms with Crippen LogP contribution in [0, 0.1) is 119 Å². The second-order valence-electron chi connectivity index (χ2n) is 13.1. The average Bonchev–Trinajstić information content (AvgIpc) is 3.24. The maximum atomic E-state index is 7.75. The molecule has 0 radical (unpaired) electrons. The van der Waals surface area contributed by atoms with Crippen LogP contribution in [0.4, 0.5) is 0 Å². The Labute approximate surface area is 398 Å². The van der Waals surface area contributed by atoms with Crippen molar-refractivity contribution in [2.24, 2.45) is 0 Å². The molecule has 0 amide bonds. The van der Waals surface area contributed by atoms with Gasteiger partial charge in [0.2, 0.25) is 0 Å². The number of carbonyl (C=O) groups excluding carboxylic acids is 1. The van der Waals surface area contributed by atoms with Crippen LogP contribution in [-0.4, -0.2) is 34.4 Å². The van der Waals surface area contributed by atoms with Crippen LogP contribution in [0.15, 0.2) is 42.5 Å². The zero-order chi connectivity index (χ0) is 46.7. The van der Waals surface area contributed by atoms with Crippen LogP contribution in [0.25, 0.3) is 21.8 Å². The van der Waals surface area contributed by atoms with Crippen molar-refractivity contribution in [2.75, 3.05) is 0 Å². The molecule has 0 atom stereocenters. The average molecular weight is 973 g/mol. The van der Waals surface area contributed by atoms with E-state index in [0.717, 1.165) is 22.6 Å². The van der Waals surface area contributed by atoms with Crippen molar-refractivity contribution in [1.82, 2.24) is 4.98 Å². The molecule has 0 saturated carbocycles. The molecule has 1 heterocycles. The normalized spacial score (nSPS) is 7.82. The number of aromatic nitrogens is 1. The Kier molecular flexibility index (Phi) is 54.2. The molecule has 0 spiro atoms. The summed E-state index contributed by atoms with van der Waals surface area (Å²) in [6, 6.07) is 16.0. The number of nitrogens with zero attached hydrogens (tertiary/aromatic N) is 1. The predicted molar refractivity (Wildman–Crippen MR) is 285 cm³/mol. The number of pyridine rings is 1. The third kappa shape index (κ3) is 33.8. The van der Waals surface area contributed by atoms with Gasteiger partial charge in [-0.2, -0.15) is 0 Å². The molecule has 6 heteroatoms. The van der Waals surface area contributed by atoms with Gasteiger partial charge < -0.3 is 4.79 Å². The summed E-state index contributed by atoms with van der Waals surface area (Å²) in [7, 11) is 3.69. The number of benzene rings is 2. The van der Waals surface area contributed by atoms with Crippen LogP contribution in [0.5, 0.6) is 0 Å². The molecule has 0 aliphatic carbocycles. The van der Waals surface area contributed by atoms with Crippen LogP contribution >= 0.6 is 25.5 Å². The molecule has 0 N–H and O–H groups in total. The Balaban J connectivity index is -0.000000201. The second kappa shape index (κ2) is 48.8. The molecule has 330 valence electrons. The zero-order valence-corrected chi connectivity index (χ0v) is 42.7. The number of hydrogen-bond donors (Lipinski definition) is 0. The number of hydrogen-bond acceptors (Lipinski definition) is 2. The Bertz CT molecular complexity index is 2180. The molecule has 0 unspecified atom stereocenters. The summed E-state index contributed by atoms with van der Waals surface area (Å²) in [4.78, 5) is 13.1. The van der Waals surface area contributed by atoms with Crippen molar-refractivity contribution in [2.45, 2.75) is 147 Å². The molecule has 0 fully saturated rings. The van der Waals surface area contributed by atoms with Crippen LogP contribution in [0.1, 0.15) is 123 Å². The first-order valence-electron chi connectivity index (χ1n) is 19.2. The van der Waals surface area contributed by atoms with E-state index < -0.39 is 15.8 Å². The Morgan fingerprint density at radius 3 is 1.05 bits per heavy atom. The van der Waals surface area contributed by atoms with E-state index in [1.54, 1.807) is 45.0 Å². The van der Waals surface area contributed by atoms with Crippen molar-refractivity contribution in [3.8, 4) is 119 Å². The molecular formula is C56H71ClNOP2Ru+. The SMILES string of the molecule is C.C.C#CC#CC.C#CC#CC#CC#CC.CC#CC.CC#CC#CC#CC.CC(C)[PH+](Cc1cccc2cc3cccc(C[PH+](C(C)C)C(C)C)c3nc12)C(C)C.[CH-]=O.[Cl][RuH]. The van der Waals surface area contributed by atoms with Crippen LogP contribution in [-0.2, 0) is 34.4 Å². The molecule has 3 aromatic rings. The maximum absolute atomic E-state index is 7.75.